The van der Waals surface area contributed by atoms with Crippen LogP contribution in [0.3, 0.4) is 0 Å². The van der Waals surface area contributed by atoms with Crippen molar-refractivity contribution in [2.75, 3.05) is 31.1 Å². The van der Waals surface area contributed by atoms with Gasteiger partial charge in [-0.05, 0) is 43.7 Å². The number of nitrogens with one attached hydrogen (secondary N) is 1. The van der Waals surface area contributed by atoms with Crippen LogP contribution in [0, 0.1) is 0 Å². The van der Waals surface area contributed by atoms with Gasteiger partial charge in [0.15, 0.2) is 0 Å². The van der Waals surface area contributed by atoms with Gasteiger partial charge in [0.1, 0.15) is 5.75 Å². The fourth-order valence-corrected chi connectivity index (χ4v) is 3.24. The molecular weight excluding hydrogens is 362 g/mol. The van der Waals surface area contributed by atoms with E-state index < -0.39 is 0 Å². The average molecular weight is 388 g/mol. The molecule has 5 nitrogen and oxygen atoms in total. The number of nitrogens with zero attached hydrogens (tertiary/aromatic N) is 2. The van der Waals surface area contributed by atoms with Crippen molar-refractivity contribution in [3.63, 3.8) is 0 Å². The summed E-state index contributed by atoms with van der Waals surface area (Å²) in [6, 6.07) is 15.6. The Balaban J connectivity index is 1.53. The van der Waals surface area contributed by atoms with Crippen molar-refractivity contribution < 1.29 is 9.53 Å². The Labute approximate surface area is 165 Å². The van der Waals surface area contributed by atoms with E-state index in [2.05, 4.69) is 16.3 Å². The minimum absolute atomic E-state index is 0.0312. The Morgan fingerprint density at radius 1 is 1.07 bits per heavy atom. The van der Waals surface area contributed by atoms with Crippen molar-refractivity contribution in [2.45, 2.75) is 26.5 Å². The number of rotatable bonds is 5. The number of halogens is 1. The summed E-state index contributed by atoms with van der Waals surface area (Å²) in [5.74, 6) is 0.896. The highest BCUT2D eigenvalue weighted by molar-refractivity contribution is 6.30. The van der Waals surface area contributed by atoms with E-state index in [1.54, 1.807) is 0 Å². The van der Waals surface area contributed by atoms with Crippen LogP contribution in [0.25, 0.3) is 0 Å². The zero-order chi connectivity index (χ0) is 19.2. The number of hydrogen-bond donors (Lipinski definition) is 1. The number of carbonyl (C=O) groups excluding carboxylic acids is 1. The van der Waals surface area contributed by atoms with Crippen molar-refractivity contribution in [2.24, 2.45) is 0 Å². The normalized spacial score (nSPS) is 14.4. The van der Waals surface area contributed by atoms with Gasteiger partial charge in [-0.3, -0.25) is 0 Å². The minimum Gasteiger partial charge on any atom is -0.489 e. The molecule has 1 aliphatic heterocycles. The topological polar surface area (TPSA) is 44.8 Å². The number of amides is 2. The molecule has 0 bridgehead atoms. The lowest BCUT2D eigenvalue weighted by Crippen LogP contribution is -2.51. The molecule has 2 amide bonds. The first kappa shape index (κ1) is 19.4. The van der Waals surface area contributed by atoms with E-state index in [1.165, 1.54) is 0 Å². The van der Waals surface area contributed by atoms with Crippen LogP contribution in [0.5, 0.6) is 5.75 Å². The van der Waals surface area contributed by atoms with Gasteiger partial charge in [0.05, 0.1) is 11.8 Å². The molecule has 2 aromatic carbocycles. The molecule has 0 spiro atoms. The Morgan fingerprint density at radius 3 is 2.41 bits per heavy atom. The number of urea groups is 1. The Hall–Kier alpha value is -2.40. The summed E-state index contributed by atoms with van der Waals surface area (Å²) in [6.07, 6.45) is 0.131. The van der Waals surface area contributed by atoms with E-state index in [0.717, 1.165) is 30.1 Å². The Kier molecular flexibility index (Phi) is 6.45. The summed E-state index contributed by atoms with van der Waals surface area (Å²) in [7, 11) is 0. The first-order chi connectivity index (χ1) is 13.0. The molecule has 3 rings (SSSR count). The van der Waals surface area contributed by atoms with Crippen molar-refractivity contribution in [1.82, 2.24) is 10.2 Å². The highest BCUT2D eigenvalue weighted by atomic mass is 35.5. The van der Waals surface area contributed by atoms with Crippen molar-refractivity contribution in [3.8, 4) is 5.75 Å². The largest absolute Gasteiger partial charge is 0.489 e. The second kappa shape index (κ2) is 9.00. The van der Waals surface area contributed by atoms with Gasteiger partial charge in [-0.1, -0.05) is 35.9 Å². The van der Waals surface area contributed by atoms with Crippen LogP contribution in [0.4, 0.5) is 10.5 Å². The SMILES string of the molecule is CC(C)Oc1ccccc1N1CCN(C(=O)NCc2ccc(Cl)cc2)CC1. The van der Waals surface area contributed by atoms with Crippen LogP contribution < -0.4 is 15.0 Å². The summed E-state index contributed by atoms with van der Waals surface area (Å²) in [6.45, 7) is 7.49. The quantitative estimate of drug-likeness (QED) is 0.837. The molecule has 1 heterocycles. The van der Waals surface area contributed by atoms with Gasteiger partial charge in [0.2, 0.25) is 0 Å². The van der Waals surface area contributed by atoms with Crippen LogP contribution >= 0.6 is 11.6 Å². The maximum atomic E-state index is 12.4. The molecule has 2 aromatic rings. The number of para-hydroxylation sites is 2. The summed E-state index contributed by atoms with van der Waals surface area (Å²) >= 11 is 5.89. The zero-order valence-electron chi connectivity index (χ0n) is 15.8. The smallest absolute Gasteiger partial charge is 0.317 e. The number of ether oxygens (including phenoxy) is 1. The lowest BCUT2D eigenvalue weighted by molar-refractivity contribution is 0.193. The molecule has 0 unspecified atom stereocenters. The van der Waals surface area contributed by atoms with Gasteiger partial charge in [-0.15, -0.1) is 0 Å². The van der Waals surface area contributed by atoms with Gasteiger partial charge >= 0.3 is 6.03 Å². The third-order valence-electron chi connectivity index (χ3n) is 4.49. The first-order valence-corrected chi connectivity index (χ1v) is 9.68. The molecule has 0 aliphatic carbocycles. The van der Waals surface area contributed by atoms with E-state index in [4.69, 9.17) is 16.3 Å². The summed E-state index contributed by atoms with van der Waals surface area (Å²) in [5, 5.41) is 3.68. The van der Waals surface area contributed by atoms with E-state index in [-0.39, 0.29) is 12.1 Å². The maximum absolute atomic E-state index is 12.4. The van der Waals surface area contributed by atoms with Crippen molar-refractivity contribution in [1.29, 1.82) is 0 Å². The number of hydrogen-bond acceptors (Lipinski definition) is 3. The molecule has 1 N–H and O–H groups in total. The molecule has 0 atom stereocenters. The number of anilines is 1. The number of benzene rings is 2. The van der Waals surface area contributed by atoms with Gasteiger partial charge < -0.3 is 19.9 Å². The molecule has 0 saturated carbocycles. The van der Waals surface area contributed by atoms with Crippen LogP contribution in [0.2, 0.25) is 5.02 Å². The van der Waals surface area contributed by atoms with Gasteiger partial charge in [0, 0.05) is 37.7 Å². The monoisotopic (exact) mass is 387 g/mol. The molecule has 27 heavy (non-hydrogen) atoms. The molecule has 1 fully saturated rings. The predicted octanol–water partition coefficient (Wildman–Crippen LogP) is 4.16. The second-order valence-corrected chi connectivity index (χ2v) is 7.33. The molecule has 1 saturated heterocycles. The van der Waals surface area contributed by atoms with Crippen LogP contribution in [0.15, 0.2) is 48.5 Å². The van der Waals surface area contributed by atoms with E-state index in [9.17, 15) is 4.79 Å². The number of piperazine rings is 1. The predicted molar refractivity (Wildman–Crippen MR) is 110 cm³/mol. The number of carbonyl (C=O) groups is 1. The molecule has 6 heteroatoms. The highest BCUT2D eigenvalue weighted by Gasteiger charge is 2.23. The molecule has 0 radical (unpaired) electrons. The van der Waals surface area contributed by atoms with E-state index in [1.807, 2.05) is 61.2 Å². The highest BCUT2D eigenvalue weighted by Crippen LogP contribution is 2.29. The maximum Gasteiger partial charge on any atom is 0.317 e. The fraction of sp³-hybridized carbons (Fsp3) is 0.381. The van der Waals surface area contributed by atoms with E-state index >= 15 is 0 Å². The standard InChI is InChI=1S/C21H26ClN3O2/c1-16(2)27-20-6-4-3-5-19(20)24-11-13-25(14-12-24)21(26)23-15-17-7-9-18(22)10-8-17/h3-10,16H,11-15H2,1-2H3,(H,23,26). The van der Waals surface area contributed by atoms with Gasteiger partial charge in [-0.2, -0.15) is 0 Å². The van der Waals surface area contributed by atoms with E-state index in [0.29, 0.717) is 24.7 Å². The average Bonchev–Trinajstić information content (AvgIpc) is 2.67. The molecular formula is C21H26ClN3O2. The third kappa shape index (κ3) is 5.30. The minimum atomic E-state index is -0.0312. The van der Waals surface area contributed by atoms with Crippen LogP contribution in [0.1, 0.15) is 19.4 Å². The van der Waals surface area contributed by atoms with Crippen molar-refractivity contribution >= 4 is 23.3 Å². The fourth-order valence-electron chi connectivity index (χ4n) is 3.11. The van der Waals surface area contributed by atoms with Crippen LogP contribution in [-0.2, 0) is 6.54 Å². The summed E-state index contributed by atoms with van der Waals surface area (Å²) < 4.78 is 5.92. The Bertz CT molecular complexity index is 756. The zero-order valence-corrected chi connectivity index (χ0v) is 16.6. The van der Waals surface area contributed by atoms with Crippen molar-refractivity contribution in [3.05, 3.63) is 59.1 Å². The summed E-state index contributed by atoms with van der Waals surface area (Å²) in [4.78, 5) is 16.6. The van der Waals surface area contributed by atoms with Crippen LogP contribution in [-0.4, -0.2) is 43.2 Å². The summed E-state index contributed by atoms with van der Waals surface area (Å²) in [5.41, 5.74) is 2.12. The lowest BCUT2D eigenvalue weighted by atomic mass is 10.2. The second-order valence-electron chi connectivity index (χ2n) is 6.89. The Morgan fingerprint density at radius 2 is 1.74 bits per heavy atom. The molecule has 144 valence electrons. The lowest BCUT2D eigenvalue weighted by Gasteiger charge is -2.36. The third-order valence-corrected chi connectivity index (χ3v) is 4.74. The van der Waals surface area contributed by atoms with Gasteiger partial charge in [0.25, 0.3) is 0 Å². The molecule has 0 aromatic heterocycles. The molecule has 1 aliphatic rings. The first-order valence-electron chi connectivity index (χ1n) is 9.31. The van der Waals surface area contributed by atoms with Gasteiger partial charge in [-0.25, -0.2) is 4.79 Å².